The lowest BCUT2D eigenvalue weighted by molar-refractivity contribution is 0.522. The molecule has 1 N–H and O–H groups in total. The second-order valence-electron chi connectivity index (χ2n) is 1.27. The fraction of sp³-hybridized carbons (Fsp3) is 1.00. The molecule has 2 nitrogen and oxygen atoms in total. The molecule has 0 aromatic carbocycles. The molecule has 3 heteroatoms. The van der Waals surface area contributed by atoms with Crippen LogP contribution in [0.2, 0.25) is 0 Å². The maximum absolute atomic E-state index is 2.97. The summed E-state index contributed by atoms with van der Waals surface area (Å²) in [5, 5.41) is 2.97. The van der Waals surface area contributed by atoms with Crippen molar-refractivity contribution in [3.8, 4) is 0 Å². The Balaban J connectivity index is 2.63. The zero-order valence-corrected chi connectivity index (χ0v) is 5.39. The number of hydrogen-bond acceptors (Lipinski definition) is 2. The second kappa shape index (κ2) is 3.54. The van der Waals surface area contributed by atoms with Gasteiger partial charge in [0.1, 0.15) is 0 Å². The van der Waals surface area contributed by atoms with Crippen molar-refractivity contribution < 1.29 is 0 Å². The van der Waals surface area contributed by atoms with Crippen LogP contribution in [0.4, 0.5) is 0 Å². The Kier molecular flexibility index (Phi) is 3.74. The quantitative estimate of drug-likeness (QED) is 0.390. The molecule has 38 valence electrons. The first-order valence-electron chi connectivity index (χ1n) is 1.88. The molecule has 0 aromatic heterocycles. The van der Waals surface area contributed by atoms with Crippen LogP contribution in [0.5, 0.6) is 0 Å². The summed E-state index contributed by atoms with van der Waals surface area (Å²) in [6.45, 7) is 0.921. The summed E-state index contributed by atoms with van der Waals surface area (Å²) >= 11 is 0. The molecule has 0 rings (SSSR count). The van der Waals surface area contributed by atoms with Gasteiger partial charge in [0.15, 0.2) is 0 Å². The molecule has 0 saturated carbocycles. The Morgan fingerprint density at radius 2 is 2.33 bits per heavy atom. The number of nitrogens with one attached hydrogen (secondary N) is 1. The second-order valence-corrected chi connectivity index (χ2v) is 2.15. The van der Waals surface area contributed by atoms with E-state index in [2.05, 4.69) is 14.7 Å². The summed E-state index contributed by atoms with van der Waals surface area (Å²) in [6, 6.07) is 0. The summed E-state index contributed by atoms with van der Waals surface area (Å²) in [4.78, 5) is 0. The Hall–Kier alpha value is 0.350. The number of nitrogens with zero attached hydrogens (tertiary/aromatic N) is 1. The van der Waals surface area contributed by atoms with E-state index >= 15 is 0 Å². The lowest BCUT2D eigenvalue weighted by atomic mass is 11.0. The molecule has 6 heavy (non-hydrogen) atoms. The first-order chi connectivity index (χ1) is 2.77. The van der Waals surface area contributed by atoms with E-state index in [1.165, 1.54) is 0 Å². The maximum atomic E-state index is 2.97. The minimum absolute atomic E-state index is 0.921. The van der Waals surface area contributed by atoms with E-state index in [-0.39, 0.29) is 0 Å². The number of hydrogen-bond donors (Lipinski definition) is 1. The Morgan fingerprint density at radius 1 is 1.83 bits per heavy atom. The molecule has 0 fully saturated rings. The van der Waals surface area contributed by atoms with Crippen LogP contribution in [0, 0.1) is 0 Å². The minimum Gasteiger partial charge on any atom is -0.307 e. The van der Waals surface area contributed by atoms with Crippen LogP contribution >= 0.6 is 9.39 Å². The van der Waals surface area contributed by atoms with Crippen molar-refractivity contribution in [3.05, 3.63) is 0 Å². The largest absolute Gasteiger partial charge is 0.307 e. The van der Waals surface area contributed by atoms with Crippen molar-refractivity contribution >= 4 is 9.39 Å². The van der Waals surface area contributed by atoms with E-state index < -0.39 is 0 Å². The average Bonchev–Trinajstić information content (AvgIpc) is 1.35. The predicted molar refractivity (Wildman–Crippen MR) is 31.4 cm³/mol. The van der Waals surface area contributed by atoms with Gasteiger partial charge in [0.25, 0.3) is 0 Å². The van der Waals surface area contributed by atoms with Gasteiger partial charge in [-0.1, -0.05) is 9.39 Å². The molecule has 0 spiro atoms. The maximum Gasteiger partial charge on any atom is 0.0506 e. The Labute approximate surface area is 41.2 Å². The molecular weight excluding hydrogens is 95.0 g/mol. The van der Waals surface area contributed by atoms with Crippen molar-refractivity contribution in [1.29, 1.82) is 0 Å². The van der Waals surface area contributed by atoms with E-state index in [0.717, 1.165) is 6.67 Å². The van der Waals surface area contributed by atoms with Crippen molar-refractivity contribution in [3.63, 3.8) is 0 Å². The zero-order valence-electron chi connectivity index (χ0n) is 4.23. The highest BCUT2D eigenvalue weighted by Gasteiger charge is 1.77. The van der Waals surface area contributed by atoms with Crippen LogP contribution in [-0.4, -0.2) is 25.4 Å². The molecule has 0 radical (unpaired) electrons. The van der Waals surface area contributed by atoms with Crippen molar-refractivity contribution in [2.75, 3.05) is 20.8 Å². The van der Waals surface area contributed by atoms with Gasteiger partial charge in [0.2, 0.25) is 0 Å². The van der Waals surface area contributed by atoms with Crippen LogP contribution in [0.1, 0.15) is 0 Å². The number of rotatable bonds is 2. The van der Waals surface area contributed by atoms with Crippen molar-refractivity contribution in [1.82, 2.24) is 9.99 Å². The first-order valence-corrected chi connectivity index (χ1v) is 2.39. The molecular formula is C3H11N2P. The highest BCUT2D eigenvalue weighted by atomic mass is 31.0. The third kappa shape index (κ3) is 4.35. The molecule has 0 amide bonds. The fourth-order valence-electron chi connectivity index (χ4n) is 0.249. The third-order valence-electron chi connectivity index (χ3n) is 0.408. The minimum atomic E-state index is 0.921. The van der Waals surface area contributed by atoms with E-state index in [1.807, 2.05) is 18.8 Å². The standard InChI is InChI=1S/C3H11N2P/c1-4-3-5(2)6/h4H,3,6H2,1-2H3. The zero-order chi connectivity index (χ0) is 4.99. The molecule has 0 heterocycles. The molecule has 0 bridgehead atoms. The molecule has 0 saturated heterocycles. The molecule has 0 aromatic rings. The van der Waals surface area contributed by atoms with Crippen LogP contribution in [0.15, 0.2) is 0 Å². The van der Waals surface area contributed by atoms with E-state index in [1.54, 1.807) is 0 Å². The lowest BCUT2D eigenvalue weighted by Crippen LogP contribution is -2.19. The van der Waals surface area contributed by atoms with Gasteiger partial charge in [-0.05, 0) is 14.1 Å². The Morgan fingerprint density at radius 3 is 2.33 bits per heavy atom. The molecule has 0 aliphatic rings. The molecule has 1 atom stereocenters. The van der Waals surface area contributed by atoms with Gasteiger partial charge in [-0.3, -0.25) is 4.67 Å². The summed E-state index contributed by atoms with van der Waals surface area (Å²) in [6.07, 6.45) is 0. The van der Waals surface area contributed by atoms with Crippen LogP contribution in [-0.2, 0) is 0 Å². The third-order valence-corrected chi connectivity index (χ3v) is 0.590. The van der Waals surface area contributed by atoms with Gasteiger partial charge in [0.05, 0.1) is 6.67 Å². The summed E-state index contributed by atoms with van der Waals surface area (Å²) in [5.74, 6) is 0. The fourth-order valence-corrected chi connectivity index (χ4v) is 0.432. The Bertz CT molecular complexity index is 30.0. The highest BCUT2D eigenvalue weighted by Crippen LogP contribution is 1.84. The van der Waals surface area contributed by atoms with Crippen molar-refractivity contribution in [2.24, 2.45) is 0 Å². The van der Waals surface area contributed by atoms with Gasteiger partial charge in [0, 0.05) is 0 Å². The van der Waals surface area contributed by atoms with Crippen LogP contribution in [0.25, 0.3) is 0 Å². The van der Waals surface area contributed by atoms with E-state index in [0.29, 0.717) is 0 Å². The monoisotopic (exact) mass is 106 g/mol. The van der Waals surface area contributed by atoms with Gasteiger partial charge in [-0.15, -0.1) is 0 Å². The SMILES string of the molecule is CNCN(C)P. The van der Waals surface area contributed by atoms with E-state index in [9.17, 15) is 0 Å². The summed E-state index contributed by atoms with van der Waals surface area (Å²) < 4.78 is 1.99. The van der Waals surface area contributed by atoms with Gasteiger partial charge < -0.3 is 5.32 Å². The van der Waals surface area contributed by atoms with Crippen LogP contribution in [0.3, 0.4) is 0 Å². The van der Waals surface area contributed by atoms with Crippen molar-refractivity contribution in [2.45, 2.75) is 0 Å². The highest BCUT2D eigenvalue weighted by molar-refractivity contribution is 7.13. The molecule has 0 aliphatic heterocycles. The smallest absolute Gasteiger partial charge is 0.0506 e. The van der Waals surface area contributed by atoms with Crippen LogP contribution < -0.4 is 5.32 Å². The van der Waals surface area contributed by atoms with E-state index in [4.69, 9.17) is 0 Å². The van der Waals surface area contributed by atoms with Gasteiger partial charge in [-0.25, -0.2) is 0 Å². The van der Waals surface area contributed by atoms with Gasteiger partial charge in [-0.2, -0.15) is 0 Å². The summed E-state index contributed by atoms with van der Waals surface area (Å²) in [7, 11) is 6.45. The normalized spacial score (nSPS) is 10.0. The molecule has 1 unspecified atom stereocenters. The lowest BCUT2D eigenvalue weighted by Gasteiger charge is -2.04. The molecule has 0 aliphatic carbocycles. The predicted octanol–water partition coefficient (Wildman–Crippen LogP) is -0.115. The first kappa shape index (κ1) is 6.35. The topological polar surface area (TPSA) is 15.3 Å². The average molecular weight is 106 g/mol. The summed E-state index contributed by atoms with van der Waals surface area (Å²) in [5.41, 5.74) is 0. The van der Waals surface area contributed by atoms with Gasteiger partial charge >= 0.3 is 0 Å².